The Morgan fingerprint density at radius 3 is 2.51 bits per heavy atom. The number of amides is 1. The van der Waals surface area contributed by atoms with E-state index >= 15 is 0 Å². The van der Waals surface area contributed by atoms with E-state index in [1.807, 2.05) is 0 Å². The number of nitrogens with one attached hydrogen (secondary N) is 1. The van der Waals surface area contributed by atoms with Crippen LogP contribution in [-0.4, -0.2) is 27.4 Å². The number of fused-ring (bicyclic) bond motifs is 1. The Kier molecular flexibility index (Phi) is 7.26. The fourth-order valence-electron chi connectivity index (χ4n) is 5.44. The maximum absolute atomic E-state index is 13.8. The van der Waals surface area contributed by atoms with E-state index in [1.54, 1.807) is 25.1 Å². The third kappa shape index (κ3) is 5.24. The Morgan fingerprint density at radius 2 is 1.89 bits per heavy atom. The lowest BCUT2D eigenvalue weighted by atomic mass is 9.73. The summed E-state index contributed by atoms with van der Waals surface area (Å²) >= 11 is 12.3. The molecule has 1 amide bonds. The molecule has 0 saturated heterocycles. The number of nitrogens with zero attached hydrogens (tertiary/aromatic N) is 3. The van der Waals surface area contributed by atoms with Crippen LogP contribution in [0.1, 0.15) is 64.3 Å². The van der Waals surface area contributed by atoms with E-state index in [-0.39, 0.29) is 22.8 Å². The summed E-state index contributed by atoms with van der Waals surface area (Å²) in [6.45, 7) is 8.15. The van der Waals surface area contributed by atoms with Gasteiger partial charge in [-0.2, -0.15) is 18.3 Å². The van der Waals surface area contributed by atoms with Crippen LogP contribution in [-0.2, 0) is 11.0 Å². The fraction of sp³-hybridized carbons (Fsp3) is 0.560. The van der Waals surface area contributed by atoms with Crippen LogP contribution >= 0.6 is 23.2 Å². The molecule has 0 radical (unpaired) electrons. The molecule has 35 heavy (non-hydrogen) atoms. The van der Waals surface area contributed by atoms with Crippen LogP contribution in [0.2, 0.25) is 10.0 Å². The first-order valence-electron chi connectivity index (χ1n) is 11.8. The van der Waals surface area contributed by atoms with E-state index < -0.39 is 23.8 Å². The summed E-state index contributed by atoms with van der Waals surface area (Å²) in [6.07, 6.45) is -1.64. The number of halogens is 5. The minimum absolute atomic E-state index is 0.0155. The van der Waals surface area contributed by atoms with Gasteiger partial charge in [-0.3, -0.25) is 4.79 Å². The molecule has 4 rings (SSSR count). The van der Waals surface area contributed by atoms with Crippen molar-refractivity contribution < 1.29 is 18.0 Å². The van der Waals surface area contributed by atoms with Crippen LogP contribution in [0.3, 0.4) is 0 Å². The zero-order valence-electron chi connectivity index (χ0n) is 20.0. The van der Waals surface area contributed by atoms with Crippen molar-refractivity contribution in [1.82, 2.24) is 15.1 Å². The lowest BCUT2D eigenvalue weighted by Crippen LogP contribution is -2.50. The van der Waals surface area contributed by atoms with Gasteiger partial charge in [0.2, 0.25) is 5.91 Å². The lowest BCUT2D eigenvalue weighted by molar-refractivity contribution is -0.141. The number of carbonyl (C=O) groups is 1. The van der Waals surface area contributed by atoms with Crippen LogP contribution in [0, 0.1) is 23.7 Å². The van der Waals surface area contributed by atoms with Crippen LogP contribution in [0.4, 0.5) is 19.0 Å². The monoisotopic (exact) mass is 528 g/mol. The van der Waals surface area contributed by atoms with E-state index in [2.05, 4.69) is 36.2 Å². The van der Waals surface area contributed by atoms with E-state index in [0.717, 1.165) is 25.3 Å². The van der Waals surface area contributed by atoms with Crippen LogP contribution < -0.4 is 5.32 Å². The van der Waals surface area contributed by atoms with E-state index in [4.69, 9.17) is 23.2 Å². The highest BCUT2D eigenvalue weighted by molar-refractivity contribution is 6.42. The molecule has 5 unspecified atom stereocenters. The summed E-state index contributed by atoms with van der Waals surface area (Å²) < 4.78 is 41.7. The Labute approximate surface area is 213 Å². The second-order valence-corrected chi connectivity index (χ2v) is 10.9. The Hall–Kier alpha value is -2.06. The van der Waals surface area contributed by atoms with Crippen molar-refractivity contribution in [3.05, 3.63) is 45.6 Å². The third-order valence-corrected chi connectivity index (χ3v) is 7.98. The second-order valence-electron chi connectivity index (χ2n) is 10.1. The van der Waals surface area contributed by atoms with E-state index in [9.17, 15) is 18.0 Å². The maximum atomic E-state index is 13.8. The minimum atomic E-state index is -4.64. The SMILES string of the molecule is CC1=Nc2cc(C(F)(F)F)nn2C(c2ccc(Cl)c(Cl)c2)C1C(=O)NC1CC(C)CCC1C(C)C. The van der Waals surface area contributed by atoms with Gasteiger partial charge < -0.3 is 5.32 Å². The molecule has 1 aliphatic carbocycles. The van der Waals surface area contributed by atoms with Gasteiger partial charge in [-0.1, -0.05) is 56.5 Å². The van der Waals surface area contributed by atoms with Crippen molar-refractivity contribution in [3.8, 4) is 0 Å². The van der Waals surface area contributed by atoms with E-state index in [1.165, 1.54) is 4.68 Å². The molecule has 2 aliphatic rings. The summed E-state index contributed by atoms with van der Waals surface area (Å²) in [4.78, 5) is 18.1. The minimum Gasteiger partial charge on any atom is -0.352 e. The molecule has 5 atom stereocenters. The fourth-order valence-corrected chi connectivity index (χ4v) is 5.74. The smallest absolute Gasteiger partial charge is 0.352 e. The molecule has 1 N–H and O–H groups in total. The second kappa shape index (κ2) is 9.77. The van der Waals surface area contributed by atoms with E-state index in [0.29, 0.717) is 34.1 Å². The molecule has 2 aromatic rings. The summed E-state index contributed by atoms with van der Waals surface area (Å²) in [6, 6.07) is 4.84. The van der Waals surface area contributed by atoms with Gasteiger partial charge >= 0.3 is 6.18 Å². The summed E-state index contributed by atoms with van der Waals surface area (Å²) in [5.41, 5.74) is -0.106. The first-order chi connectivity index (χ1) is 16.4. The summed E-state index contributed by atoms with van der Waals surface area (Å²) in [5.74, 6) is 0.117. The lowest BCUT2D eigenvalue weighted by Gasteiger charge is -2.39. The summed E-state index contributed by atoms with van der Waals surface area (Å²) in [7, 11) is 0. The molecular weight excluding hydrogens is 500 g/mol. The standard InChI is InChI=1S/C25H29Cl2F3N4O/c1-12(2)16-7-5-13(3)9-19(16)32-24(35)22-14(4)31-21-11-20(25(28,29)30)33-34(21)23(22)15-6-8-17(26)18(27)10-15/h6,8,10-13,16,19,22-23H,5,7,9H2,1-4H3,(H,32,35). The Balaban J connectivity index is 1.76. The predicted molar refractivity (Wildman–Crippen MR) is 131 cm³/mol. The molecule has 0 spiro atoms. The number of hydrogen-bond donors (Lipinski definition) is 1. The van der Waals surface area contributed by atoms with Gasteiger partial charge in [0.05, 0.1) is 16.1 Å². The van der Waals surface area contributed by atoms with Crippen LogP contribution in [0.25, 0.3) is 0 Å². The molecule has 1 saturated carbocycles. The molecule has 1 fully saturated rings. The van der Waals surface area contributed by atoms with Crippen molar-refractivity contribution in [2.75, 3.05) is 0 Å². The zero-order chi connectivity index (χ0) is 25.7. The largest absolute Gasteiger partial charge is 0.435 e. The number of hydrogen-bond acceptors (Lipinski definition) is 3. The average Bonchev–Trinajstić information content (AvgIpc) is 3.18. The van der Waals surface area contributed by atoms with Crippen molar-refractivity contribution in [2.24, 2.45) is 28.7 Å². The quantitative estimate of drug-likeness (QED) is 0.460. The highest BCUT2D eigenvalue weighted by Gasteiger charge is 2.43. The van der Waals surface area contributed by atoms with Gasteiger partial charge in [-0.15, -0.1) is 0 Å². The topological polar surface area (TPSA) is 59.3 Å². The molecular formula is C25H29Cl2F3N4O. The number of aromatic nitrogens is 2. The van der Waals surface area contributed by atoms with Crippen molar-refractivity contribution >= 4 is 40.6 Å². The number of rotatable bonds is 4. The van der Waals surface area contributed by atoms with Gasteiger partial charge in [0.1, 0.15) is 5.92 Å². The van der Waals surface area contributed by atoms with Crippen molar-refractivity contribution in [1.29, 1.82) is 0 Å². The highest BCUT2D eigenvalue weighted by Crippen LogP contribution is 2.42. The molecule has 1 aliphatic heterocycles. The van der Waals surface area contributed by atoms with Gasteiger partial charge in [0.25, 0.3) is 0 Å². The van der Waals surface area contributed by atoms with Gasteiger partial charge in [0, 0.05) is 17.8 Å². The molecule has 0 bridgehead atoms. The molecule has 1 aromatic heterocycles. The van der Waals surface area contributed by atoms with Gasteiger partial charge in [0.15, 0.2) is 11.5 Å². The Morgan fingerprint density at radius 1 is 1.17 bits per heavy atom. The maximum Gasteiger partial charge on any atom is 0.435 e. The molecule has 2 heterocycles. The number of alkyl halides is 3. The Bertz CT molecular complexity index is 1140. The number of carbonyl (C=O) groups excluding carboxylic acids is 1. The highest BCUT2D eigenvalue weighted by atomic mass is 35.5. The molecule has 1 aromatic carbocycles. The molecule has 5 nitrogen and oxygen atoms in total. The van der Waals surface area contributed by atoms with Crippen molar-refractivity contribution in [2.45, 2.75) is 65.2 Å². The number of aliphatic imine (C=N–C) groups is 1. The average molecular weight is 529 g/mol. The molecule has 190 valence electrons. The number of benzene rings is 1. The van der Waals surface area contributed by atoms with Crippen LogP contribution in [0.15, 0.2) is 29.3 Å². The van der Waals surface area contributed by atoms with Gasteiger partial charge in [-0.05, 0) is 55.2 Å². The van der Waals surface area contributed by atoms with Crippen molar-refractivity contribution in [3.63, 3.8) is 0 Å². The zero-order valence-corrected chi connectivity index (χ0v) is 21.5. The first kappa shape index (κ1) is 26.0. The normalized spacial score (nSPS) is 26.9. The summed E-state index contributed by atoms with van der Waals surface area (Å²) in [5, 5.41) is 7.62. The molecule has 10 heteroatoms. The first-order valence-corrected chi connectivity index (χ1v) is 12.6. The predicted octanol–water partition coefficient (Wildman–Crippen LogP) is 7.10. The van der Waals surface area contributed by atoms with Crippen LogP contribution in [0.5, 0.6) is 0 Å². The third-order valence-electron chi connectivity index (χ3n) is 7.24. The van der Waals surface area contributed by atoms with Gasteiger partial charge in [-0.25, -0.2) is 9.67 Å².